The maximum absolute atomic E-state index is 13.2. The van der Waals surface area contributed by atoms with Crippen molar-refractivity contribution in [3.8, 4) is 0 Å². The summed E-state index contributed by atoms with van der Waals surface area (Å²) >= 11 is 3.15. The number of benzene rings is 1. The van der Waals surface area contributed by atoms with Crippen molar-refractivity contribution in [1.29, 1.82) is 0 Å². The number of anilines is 1. The number of rotatable bonds is 3. The molecule has 0 spiro atoms. The molecular formula is C12H10BrFN2O2S. The Bertz CT molecular complexity index is 719. The van der Waals surface area contributed by atoms with E-state index in [-0.39, 0.29) is 10.7 Å². The van der Waals surface area contributed by atoms with Crippen molar-refractivity contribution < 1.29 is 12.8 Å². The number of aryl methyl sites for hydroxylation is 1. The van der Waals surface area contributed by atoms with Gasteiger partial charge in [-0.1, -0.05) is 12.1 Å². The maximum atomic E-state index is 13.2. The van der Waals surface area contributed by atoms with E-state index in [1.807, 2.05) is 0 Å². The van der Waals surface area contributed by atoms with Gasteiger partial charge in [-0.15, -0.1) is 0 Å². The summed E-state index contributed by atoms with van der Waals surface area (Å²) in [6.45, 7) is 1.60. The normalized spacial score (nSPS) is 11.3. The van der Waals surface area contributed by atoms with Gasteiger partial charge >= 0.3 is 0 Å². The number of halogens is 2. The summed E-state index contributed by atoms with van der Waals surface area (Å²) < 4.78 is 40.3. The average Bonchev–Trinajstić information content (AvgIpc) is 2.31. The first-order chi connectivity index (χ1) is 8.88. The molecule has 2 aromatic rings. The third-order valence-corrected chi connectivity index (χ3v) is 4.33. The van der Waals surface area contributed by atoms with Crippen LogP contribution in [-0.2, 0) is 10.0 Å². The van der Waals surface area contributed by atoms with Crippen molar-refractivity contribution in [1.82, 2.24) is 4.98 Å². The lowest BCUT2D eigenvalue weighted by molar-refractivity contribution is 0.594. The highest BCUT2D eigenvalue weighted by atomic mass is 79.9. The number of aromatic nitrogens is 1. The van der Waals surface area contributed by atoms with Crippen LogP contribution in [-0.4, -0.2) is 13.4 Å². The van der Waals surface area contributed by atoms with E-state index in [1.54, 1.807) is 19.1 Å². The van der Waals surface area contributed by atoms with Crippen LogP contribution < -0.4 is 4.72 Å². The SMILES string of the molecule is Cc1ccc(F)cc1S(=O)(=O)Nc1cccc(Br)n1. The van der Waals surface area contributed by atoms with Crippen molar-refractivity contribution in [2.24, 2.45) is 0 Å². The molecule has 1 aromatic heterocycles. The molecule has 7 heteroatoms. The first-order valence-corrected chi connectivity index (χ1v) is 7.57. The van der Waals surface area contributed by atoms with Crippen molar-refractivity contribution in [3.05, 3.63) is 52.4 Å². The van der Waals surface area contributed by atoms with Crippen LogP contribution in [0.5, 0.6) is 0 Å². The zero-order chi connectivity index (χ0) is 14.0. The Morgan fingerprint density at radius 3 is 2.68 bits per heavy atom. The molecule has 1 N–H and O–H groups in total. The van der Waals surface area contributed by atoms with Crippen LogP contribution in [0.2, 0.25) is 0 Å². The van der Waals surface area contributed by atoms with Crippen LogP contribution in [0.15, 0.2) is 45.9 Å². The summed E-state index contributed by atoms with van der Waals surface area (Å²) in [7, 11) is -3.86. The Hall–Kier alpha value is -1.47. The summed E-state index contributed by atoms with van der Waals surface area (Å²) in [6.07, 6.45) is 0. The molecular weight excluding hydrogens is 335 g/mol. The second-order valence-electron chi connectivity index (χ2n) is 3.86. The predicted molar refractivity (Wildman–Crippen MR) is 73.9 cm³/mol. The van der Waals surface area contributed by atoms with Gasteiger partial charge in [-0.25, -0.2) is 17.8 Å². The van der Waals surface area contributed by atoms with Gasteiger partial charge in [0.15, 0.2) is 0 Å². The van der Waals surface area contributed by atoms with Crippen LogP contribution in [0.25, 0.3) is 0 Å². The minimum Gasteiger partial charge on any atom is -0.263 e. The Morgan fingerprint density at radius 1 is 1.26 bits per heavy atom. The molecule has 0 unspecified atom stereocenters. The third-order valence-electron chi connectivity index (χ3n) is 2.39. The fourth-order valence-corrected chi connectivity index (χ4v) is 3.12. The van der Waals surface area contributed by atoms with Crippen molar-refractivity contribution >= 4 is 31.8 Å². The average molecular weight is 345 g/mol. The second kappa shape index (κ2) is 5.26. The van der Waals surface area contributed by atoms with Crippen LogP contribution in [0.1, 0.15) is 5.56 Å². The Balaban J connectivity index is 2.40. The molecule has 0 aliphatic heterocycles. The fourth-order valence-electron chi connectivity index (χ4n) is 1.52. The molecule has 0 aliphatic rings. The van der Waals surface area contributed by atoms with Crippen LogP contribution in [0.3, 0.4) is 0 Å². The molecule has 100 valence electrons. The lowest BCUT2D eigenvalue weighted by Crippen LogP contribution is -2.15. The van der Waals surface area contributed by atoms with E-state index in [4.69, 9.17) is 0 Å². The summed E-state index contributed by atoms with van der Waals surface area (Å²) in [5.74, 6) is -0.439. The predicted octanol–water partition coefficient (Wildman–Crippen LogP) is 3.09. The topological polar surface area (TPSA) is 59.1 Å². The van der Waals surface area contributed by atoms with Gasteiger partial charge in [-0.2, -0.15) is 0 Å². The smallest absolute Gasteiger partial charge is 0.263 e. The van der Waals surface area contributed by atoms with E-state index >= 15 is 0 Å². The van der Waals surface area contributed by atoms with Gasteiger partial charge in [0.25, 0.3) is 10.0 Å². The van der Waals surface area contributed by atoms with E-state index in [0.29, 0.717) is 10.2 Å². The van der Waals surface area contributed by atoms with Crippen molar-refractivity contribution in [2.45, 2.75) is 11.8 Å². The molecule has 4 nitrogen and oxygen atoms in total. The number of pyridine rings is 1. The van der Waals surface area contributed by atoms with Gasteiger partial charge in [-0.05, 0) is 52.7 Å². The number of nitrogens with one attached hydrogen (secondary N) is 1. The summed E-state index contributed by atoms with van der Waals surface area (Å²) in [4.78, 5) is 3.87. The molecule has 19 heavy (non-hydrogen) atoms. The quantitative estimate of drug-likeness (QED) is 0.870. The first kappa shape index (κ1) is 14.0. The molecule has 0 aliphatic carbocycles. The molecule has 0 fully saturated rings. The van der Waals surface area contributed by atoms with E-state index < -0.39 is 15.8 Å². The van der Waals surface area contributed by atoms with Crippen LogP contribution in [0, 0.1) is 12.7 Å². The van der Waals surface area contributed by atoms with Gasteiger partial charge in [0.2, 0.25) is 0 Å². The van der Waals surface area contributed by atoms with E-state index in [0.717, 1.165) is 6.07 Å². The molecule has 0 saturated heterocycles. The Kier molecular flexibility index (Phi) is 3.86. The zero-order valence-corrected chi connectivity index (χ0v) is 12.3. The third kappa shape index (κ3) is 3.30. The minimum absolute atomic E-state index is 0.103. The highest BCUT2D eigenvalue weighted by Crippen LogP contribution is 2.20. The second-order valence-corrected chi connectivity index (χ2v) is 6.32. The van der Waals surface area contributed by atoms with Crippen LogP contribution >= 0.6 is 15.9 Å². The largest absolute Gasteiger partial charge is 0.263 e. The van der Waals surface area contributed by atoms with Gasteiger partial charge in [-0.3, -0.25) is 4.72 Å². The lowest BCUT2D eigenvalue weighted by atomic mass is 10.2. The molecule has 1 heterocycles. The van der Waals surface area contributed by atoms with Gasteiger partial charge in [0.1, 0.15) is 16.2 Å². The number of nitrogens with zero attached hydrogens (tertiary/aromatic N) is 1. The summed E-state index contributed by atoms with van der Waals surface area (Å²) in [5, 5.41) is 0. The van der Waals surface area contributed by atoms with Crippen molar-refractivity contribution in [2.75, 3.05) is 4.72 Å². The van der Waals surface area contributed by atoms with Crippen molar-refractivity contribution in [3.63, 3.8) is 0 Å². The molecule has 0 radical (unpaired) electrons. The maximum Gasteiger partial charge on any atom is 0.263 e. The zero-order valence-electron chi connectivity index (χ0n) is 9.89. The first-order valence-electron chi connectivity index (χ1n) is 5.30. The molecule has 0 atom stereocenters. The Labute approximate surface area is 118 Å². The lowest BCUT2D eigenvalue weighted by Gasteiger charge is -2.09. The summed E-state index contributed by atoms with van der Waals surface area (Å²) in [6, 6.07) is 8.44. The van der Waals surface area contributed by atoms with Gasteiger partial charge in [0, 0.05) is 0 Å². The monoisotopic (exact) mass is 344 g/mol. The standard InChI is InChI=1S/C12H10BrFN2O2S/c1-8-5-6-9(14)7-10(8)19(17,18)16-12-4-2-3-11(13)15-12/h2-7H,1H3,(H,15,16). The molecule has 0 amide bonds. The highest BCUT2D eigenvalue weighted by molar-refractivity contribution is 9.10. The molecule has 0 bridgehead atoms. The van der Waals surface area contributed by atoms with Gasteiger partial charge < -0.3 is 0 Å². The Morgan fingerprint density at radius 2 is 2.00 bits per heavy atom. The number of sulfonamides is 1. The molecule has 1 aromatic carbocycles. The van der Waals surface area contributed by atoms with Gasteiger partial charge in [0.05, 0.1) is 4.90 Å². The minimum atomic E-state index is -3.86. The van der Waals surface area contributed by atoms with E-state index in [9.17, 15) is 12.8 Å². The highest BCUT2D eigenvalue weighted by Gasteiger charge is 2.18. The fraction of sp³-hybridized carbons (Fsp3) is 0.0833. The van der Waals surface area contributed by atoms with E-state index in [1.165, 1.54) is 18.2 Å². The summed E-state index contributed by atoms with van der Waals surface area (Å²) in [5.41, 5.74) is 0.462. The van der Waals surface area contributed by atoms with Crippen LogP contribution in [0.4, 0.5) is 10.2 Å². The van der Waals surface area contributed by atoms with E-state index in [2.05, 4.69) is 25.6 Å². The molecule has 2 rings (SSSR count). The molecule has 0 saturated carbocycles. The number of hydrogen-bond acceptors (Lipinski definition) is 3. The number of hydrogen-bond donors (Lipinski definition) is 1.